The van der Waals surface area contributed by atoms with Crippen LogP contribution in [0, 0.1) is 5.92 Å². The molecule has 1 amide bonds. The fraction of sp³-hybridized carbons (Fsp3) is 0.571. The van der Waals surface area contributed by atoms with Gasteiger partial charge >= 0.3 is 5.97 Å². The van der Waals surface area contributed by atoms with Crippen LogP contribution in [0.2, 0.25) is 0 Å². The van der Waals surface area contributed by atoms with Crippen molar-refractivity contribution in [3.8, 4) is 0 Å². The van der Waals surface area contributed by atoms with E-state index < -0.39 is 0 Å². The molecule has 110 valence electrons. The van der Waals surface area contributed by atoms with E-state index in [1.165, 1.54) is 16.2 Å². The number of thiophene rings is 1. The van der Waals surface area contributed by atoms with Crippen molar-refractivity contribution in [1.82, 2.24) is 0 Å². The first-order chi connectivity index (χ1) is 9.56. The quantitative estimate of drug-likeness (QED) is 0.832. The molecule has 0 aliphatic heterocycles. The molecule has 0 aromatic carbocycles. The van der Waals surface area contributed by atoms with E-state index >= 15 is 0 Å². The summed E-state index contributed by atoms with van der Waals surface area (Å²) in [5.41, 5.74) is 6.89. The lowest BCUT2D eigenvalue weighted by Crippen LogP contribution is -2.22. The fourth-order valence-corrected chi connectivity index (χ4v) is 3.85. The largest absolute Gasteiger partial charge is 0.462 e. The fourth-order valence-electron chi connectivity index (χ4n) is 2.44. The Labute approximate surface area is 122 Å². The van der Waals surface area contributed by atoms with E-state index in [0.717, 1.165) is 24.8 Å². The van der Waals surface area contributed by atoms with Crippen LogP contribution in [-0.4, -0.2) is 25.0 Å². The van der Waals surface area contributed by atoms with Gasteiger partial charge in [-0.05, 0) is 37.7 Å². The number of anilines is 1. The minimum atomic E-state index is -0.355. The smallest absolute Gasteiger partial charge is 0.341 e. The lowest BCUT2D eigenvalue weighted by Gasteiger charge is -2.18. The number of amides is 1. The number of nitrogens with two attached hydrogens (primary N) is 1. The highest BCUT2D eigenvalue weighted by atomic mass is 32.1. The van der Waals surface area contributed by atoms with E-state index in [2.05, 4.69) is 12.2 Å². The highest BCUT2D eigenvalue weighted by molar-refractivity contribution is 7.17. The molecule has 1 atom stereocenters. The molecule has 0 bridgehead atoms. The Hall–Kier alpha value is -1.40. The Morgan fingerprint density at radius 1 is 1.50 bits per heavy atom. The first-order valence-electron chi connectivity index (χ1n) is 6.88. The summed E-state index contributed by atoms with van der Waals surface area (Å²) in [6, 6.07) is 0. The van der Waals surface area contributed by atoms with Crippen LogP contribution in [-0.2, 0) is 22.4 Å². The molecule has 5 nitrogen and oxygen atoms in total. The summed E-state index contributed by atoms with van der Waals surface area (Å²) in [4.78, 5) is 24.8. The molecule has 1 aliphatic carbocycles. The van der Waals surface area contributed by atoms with Crippen molar-refractivity contribution in [2.24, 2.45) is 11.7 Å². The van der Waals surface area contributed by atoms with Crippen molar-refractivity contribution >= 4 is 28.2 Å². The molecule has 1 aromatic rings. The van der Waals surface area contributed by atoms with Gasteiger partial charge in [-0.25, -0.2) is 4.79 Å². The van der Waals surface area contributed by atoms with Crippen molar-refractivity contribution in [1.29, 1.82) is 0 Å². The molecule has 0 spiro atoms. The normalized spacial score (nSPS) is 17.4. The molecular weight excluding hydrogens is 276 g/mol. The number of carbonyl (C=O) groups is 2. The summed E-state index contributed by atoms with van der Waals surface area (Å²) in [7, 11) is 0. The summed E-state index contributed by atoms with van der Waals surface area (Å²) >= 11 is 1.48. The number of nitrogens with one attached hydrogen (secondary N) is 1. The Balaban J connectivity index is 2.39. The van der Waals surface area contributed by atoms with E-state index in [-0.39, 0.29) is 18.4 Å². The lowest BCUT2D eigenvalue weighted by atomic mass is 9.88. The number of hydrogen-bond acceptors (Lipinski definition) is 5. The molecule has 0 radical (unpaired) electrons. The maximum atomic E-state index is 12.2. The van der Waals surface area contributed by atoms with Crippen LogP contribution in [0.25, 0.3) is 0 Å². The Morgan fingerprint density at radius 3 is 2.90 bits per heavy atom. The number of ether oxygens (including phenoxy) is 1. The molecule has 0 saturated heterocycles. The Bertz CT molecular complexity index is 525. The van der Waals surface area contributed by atoms with Crippen LogP contribution in [0.1, 0.15) is 41.1 Å². The molecule has 0 saturated carbocycles. The van der Waals surface area contributed by atoms with Gasteiger partial charge in [0.1, 0.15) is 5.00 Å². The number of fused-ring (bicyclic) bond motifs is 1. The van der Waals surface area contributed by atoms with Gasteiger partial charge in [-0.3, -0.25) is 4.79 Å². The summed E-state index contributed by atoms with van der Waals surface area (Å²) in [5, 5.41) is 3.31. The van der Waals surface area contributed by atoms with Crippen molar-refractivity contribution in [3.63, 3.8) is 0 Å². The van der Waals surface area contributed by atoms with E-state index in [1.54, 1.807) is 6.92 Å². The highest BCUT2D eigenvalue weighted by Gasteiger charge is 2.28. The first-order valence-corrected chi connectivity index (χ1v) is 7.70. The Kier molecular flexibility index (Phi) is 4.77. The first kappa shape index (κ1) is 15.0. The zero-order valence-electron chi connectivity index (χ0n) is 11.8. The van der Waals surface area contributed by atoms with Crippen molar-refractivity contribution in [2.45, 2.75) is 33.1 Å². The van der Waals surface area contributed by atoms with Crippen LogP contribution in [0.4, 0.5) is 5.00 Å². The number of hydrogen-bond donors (Lipinski definition) is 2. The molecule has 3 N–H and O–H groups in total. The molecule has 2 rings (SSSR count). The van der Waals surface area contributed by atoms with Gasteiger partial charge in [0.2, 0.25) is 5.91 Å². The number of rotatable bonds is 4. The summed E-state index contributed by atoms with van der Waals surface area (Å²) in [6.45, 7) is 4.20. The lowest BCUT2D eigenvalue weighted by molar-refractivity contribution is -0.114. The SMILES string of the molecule is CCOC(=O)c1c(NC(=O)CN)sc2c1CCC(C)C2. The van der Waals surface area contributed by atoms with Gasteiger partial charge in [-0.1, -0.05) is 6.92 Å². The van der Waals surface area contributed by atoms with Gasteiger partial charge < -0.3 is 15.8 Å². The molecule has 1 unspecified atom stereocenters. The summed E-state index contributed by atoms with van der Waals surface area (Å²) < 4.78 is 5.12. The maximum Gasteiger partial charge on any atom is 0.341 e. The van der Waals surface area contributed by atoms with Crippen LogP contribution >= 0.6 is 11.3 Å². The molecule has 1 aromatic heterocycles. The second kappa shape index (κ2) is 6.37. The van der Waals surface area contributed by atoms with Crippen molar-refractivity contribution < 1.29 is 14.3 Å². The average molecular weight is 296 g/mol. The predicted octanol–water partition coefficient (Wildman–Crippen LogP) is 1.95. The highest BCUT2D eigenvalue weighted by Crippen LogP contribution is 2.39. The van der Waals surface area contributed by atoms with E-state index in [4.69, 9.17) is 10.5 Å². The van der Waals surface area contributed by atoms with Gasteiger partial charge in [0.05, 0.1) is 18.7 Å². The monoisotopic (exact) mass is 296 g/mol. The standard InChI is InChI=1S/C14H20N2O3S/c1-3-19-14(18)12-9-5-4-8(2)6-10(9)20-13(12)16-11(17)7-15/h8H,3-7,15H2,1-2H3,(H,16,17). The van der Waals surface area contributed by atoms with Crippen LogP contribution in [0.15, 0.2) is 0 Å². The van der Waals surface area contributed by atoms with Crippen molar-refractivity contribution in [3.05, 3.63) is 16.0 Å². The second-order valence-corrected chi connectivity index (χ2v) is 6.13. The van der Waals surface area contributed by atoms with Crippen LogP contribution in [0.5, 0.6) is 0 Å². The molecule has 6 heteroatoms. The summed E-state index contributed by atoms with van der Waals surface area (Å²) in [5.74, 6) is -0.0386. The van der Waals surface area contributed by atoms with E-state index in [0.29, 0.717) is 23.1 Å². The third kappa shape index (κ3) is 3.02. The van der Waals surface area contributed by atoms with Gasteiger partial charge in [0, 0.05) is 4.88 Å². The molecule has 0 fully saturated rings. The topological polar surface area (TPSA) is 81.4 Å². The minimum Gasteiger partial charge on any atom is -0.462 e. The second-order valence-electron chi connectivity index (χ2n) is 5.03. The minimum absolute atomic E-state index is 0.0960. The molecular formula is C14H20N2O3S. The molecule has 20 heavy (non-hydrogen) atoms. The maximum absolute atomic E-state index is 12.2. The zero-order chi connectivity index (χ0) is 14.7. The number of carbonyl (C=O) groups excluding carboxylic acids is 2. The third-order valence-electron chi connectivity index (χ3n) is 3.43. The van der Waals surface area contributed by atoms with Gasteiger partial charge in [-0.2, -0.15) is 0 Å². The van der Waals surface area contributed by atoms with Crippen LogP contribution in [0.3, 0.4) is 0 Å². The number of esters is 1. The predicted molar refractivity (Wildman–Crippen MR) is 79.1 cm³/mol. The third-order valence-corrected chi connectivity index (χ3v) is 4.60. The van der Waals surface area contributed by atoms with Gasteiger partial charge in [0.15, 0.2) is 0 Å². The van der Waals surface area contributed by atoms with Crippen molar-refractivity contribution in [2.75, 3.05) is 18.5 Å². The summed E-state index contributed by atoms with van der Waals surface area (Å²) in [6.07, 6.45) is 2.87. The zero-order valence-corrected chi connectivity index (χ0v) is 12.6. The van der Waals surface area contributed by atoms with E-state index in [1.807, 2.05) is 0 Å². The van der Waals surface area contributed by atoms with Crippen LogP contribution < -0.4 is 11.1 Å². The van der Waals surface area contributed by atoms with Gasteiger partial charge in [-0.15, -0.1) is 11.3 Å². The molecule has 1 heterocycles. The average Bonchev–Trinajstić information content (AvgIpc) is 2.75. The Morgan fingerprint density at radius 2 is 2.25 bits per heavy atom. The molecule has 1 aliphatic rings. The van der Waals surface area contributed by atoms with Gasteiger partial charge in [0.25, 0.3) is 0 Å². The van der Waals surface area contributed by atoms with E-state index in [9.17, 15) is 9.59 Å².